The Morgan fingerprint density at radius 1 is 0.933 bits per heavy atom. The summed E-state index contributed by atoms with van der Waals surface area (Å²) >= 11 is 5.85. The summed E-state index contributed by atoms with van der Waals surface area (Å²) in [6.45, 7) is 2.28. The Bertz CT molecular complexity index is 1190. The van der Waals surface area contributed by atoms with Crippen molar-refractivity contribution in [3.05, 3.63) is 82.9 Å². The molecule has 0 saturated heterocycles. The predicted molar refractivity (Wildman–Crippen MR) is 120 cm³/mol. The maximum atomic E-state index is 13.1. The van der Waals surface area contributed by atoms with Crippen molar-refractivity contribution in [1.82, 2.24) is 0 Å². The summed E-state index contributed by atoms with van der Waals surface area (Å²) in [5.41, 5.74) is 3.61. The SMILES string of the molecule is Cc1ccc(S(=O)(=O)N2CCc3ccc(NC(=O)Nc4ccc(Cl)cc4)cc32)cc1. The standard InChI is InChI=1S/C22H20ClN3O3S/c1-15-2-10-20(11-3-15)30(28,29)26-13-12-16-4-7-19(14-21(16)26)25-22(27)24-18-8-5-17(23)6-9-18/h2-11,14H,12-13H2,1H3,(H2,24,25,27). The lowest BCUT2D eigenvalue weighted by Gasteiger charge is -2.20. The number of rotatable bonds is 4. The molecule has 6 nitrogen and oxygen atoms in total. The molecule has 0 fully saturated rings. The molecule has 154 valence electrons. The van der Waals surface area contributed by atoms with Crippen molar-refractivity contribution >= 4 is 44.7 Å². The average Bonchev–Trinajstić information content (AvgIpc) is 3.14. The molecule has 1 aliphatic heterocycles. The third kappa shape index (κ3) is 4.13. The fourth-order valence-corrected chi connectivity index (χ4v) is 4.96. The van der Waals surface area contributed by atoms with Gasteiger partial charge >= 0.3 is 6.03 Å². The number of anilines is 3. The van der Waals surface area contributed by atoms with E-state index in [-0.39, 0.29) is 4.90 Å². The largest absolute Gasteiger partial charge is 0.323 e. The van der Waals surface area contributed by atoms with Crippen LogP contribution >= 0.6 is 11.6 Å². The maximum absolute atomic E-state index is 13.1. The Morgan fingerprint density at radius 3 is 2.27 bits per heavy atom. The Labute approximate surface area is 180 Å². The molecule has 0 radical (unpaired) electrons. The zero-order valence-corrected chi connectivity index (χ0v) is 17.8. The van der Waals surface area contributed by atoms with Crippen LogP contribution in [-0.4, -0.2) is 21.0 Å². The Morgan fingerprint density at radius 2 is 1.57 bits per heavy atom. The first-order valence-corrected chi connectivity index (χ1v) is 11.2. The van der Waals surface area contributed by atoms with Crippen molar-refractivity contribution in [2.45, 2.75) is 18.2 Å². The zero-order chi connectivity index (χ0) is 21.3. The summed E-state index contributed by atoms with van der Waals surface area (Å²) in [4.78, 5) is 12.6. The fraction of sp³-hybridized carbons (Fsp3) is 0.136. The van der Waals surface area contributed by atoms with Crippen LogP contribution in [0.4, 0.5) is 21.9 Å². The minimum absolute atomic E-state index is 0.250. The molecule has 1 aliphatic rings. The molecule has 0 unspecified atom stereocenters. The number of nitrogens with one attached hydrogen (secondary N) is 2. The highest BCUT2D eigenvalue weighted by atomic mass is 35.5. The molecular weight excluding hydrogens is 422 g/mol. The first kappa shape index (κ1) is 20.3. The third-order valence-corrected chi connectivity index (χ3v) is 6.99. The number of halogens is 1. The molecule has 4 rings (SSSR count). The van der Waals surface area contributed by atoms with Crippen LogP contribution in [0.5, 0.6) is 0 Å². The van der Waals surface area contributed by atoms with Gasteiger partial charge in [0, 0.05) is 22.9 Å². The van der Waals surface area contributed by atoms with E-state index in [0.717, 1.165) is 11.1 Å². The minimum atomic E-state index is -3.67. The summed E-state index contributed by atoms with van der Waals surface area (Å²) in [6.07, 6.45) is 0.623. The summed E-state index contributed by atoms with van der Waals surface area (Å²) in [6, 6.07) is 18.4. The second-order valence-corrected chi connectivity index (χ2v) is 9.37. The van der Waals surface area contributed by atoms with Gasteiger partial charge in [-0.15, -0.1) is 0 Å². The van der Waals surface area contributed by atoms with Gasteiger partial charge in [-0.3, -0.25) is 4.31 Å². The predicted octanol–water partition coefficient (Wildman–Crippen LogP) is 5.04. The Balaban J connectivity index is 1.55. The molecule has 0 bridgehead atoms. The van der Waals surface area contributed by atoms with Crippen LogP contribution in [0.2, 0.25) is 5.02 Å². The van der Waals surface area contributed by atoms with E-state index in [1.165, 1.54) is 4.31 Å². The molecule has 2 amide bonds. The molecule has 0 aliphatic carbocycles. The van der Waals surface area contributed by atoms with Crippen molar-refractivity contribution in [3.63, 3.8) is 0 Å². The lowest BCUT2D eigenvalue weighted by Crippen LogP contribution is -2.29. The van der Waals surface area contributed by atoms with Crippen LogP contribution < -0.4 is 14.9 Å². The van der Waals surface area contributed by atoms with Gasteiger partial charge in [0.15, 0.2) is 0 Å². The monoisotopic (exact) mass is 441 g/mol. The highest BCUT2D eigenvalue weighted by Crippen LogP contribution is 2.35. The highest BCUT2D eigenvalue weighted by Gasteiger charge is 2.31. The van der Waals surface area contributed by atoms with Crippen molar-refractivity contribution < 1.29 is 13.2 Å². The number of nitrogens with zero attached hydrogens (tertiary/aromatic N) is 1. The summed E-state index contributed by atoms with van der Waals surface area (Å²) in [5, 5.41) is 6.05. The van der Waals surface area contributed by atoms with Gasteiger partial charge in [-0.05, 0) is 67.4 Å². The number of sulfonamides is 1. The molecule has 2 N–H and O–H groups in total. The van der Waals surface area contributed by atoms with Gasteiger partial charge in [0.2, 0.25) is 0 Å². The van der Waals surface area contributed by atoms with E-state index in [4.69, 9.17) is 11.6 Å². The van der Waals surface area contributed by atoms with Gasteiger partial charge in [0.05, 0.1) is 10.6 Å². The van der Waals surface area contributed by atoms with Crippen molar-refractivity contribution in [1.29, 1.82) is 0 Å². The first-order chi connectivity index (χ1) is 14.3. The number of fused-ring (bicyclic) bond motifs is 1. The number of urea groups is 1. The second kappa shape index (κ2) is 8.01. The number of hydrogen-bond acceptors (Lipinski definition) is 3. The van der Waals surface area contributed by atoms with E-state index in [2.05, 4.69) is 10.6 Å². The van der Waals surface area contributed by atoms with Crippen LogP contribution in [0.3, 0.4) is 0 Å². The topological polar surface area (TPSA) is 78.5 Å². The maximum Gasteiger partial charge on any atom is 0.323 e. The normalized spacial score (nSPS) is 13.1. The average molecular weight is 442 g/mol. The number of aryl methyl sites for hydroxylation is 1. The first-order valence-electron chi connectivity index (χ1n) is 9.39. The van der Waals surface area contributed by atoms with Gasteiger partial charge in [-0.1, -0.05) is 35.4 Å². The van der Waals surface area contributed by atoms with Crippen LogP contribution in [0.15, 0.2) is 71.6 Å². The molecule has 0 saturated carbocycles. The van der Waals surface area contributed by atoms with Crippen molar-refractivity contribution in [3.8, 4) is 0 Å². The van der Waals surface area contributed by atoms with Crippen molar-refractivity contribution in [2.24, 2.45) is 0 Å². The number of carbonyl (C=O) groups excluding carboxylic acids is 1. The quantitative estimate of drug-likeness (QED) is 0.595. The molecule has 3 aromatic carbocycles. The second-order valence-electron chi connectivity index (χ2n) is 7.07. The third-order valence-electron chi connectivity index (χ3n) is 4.91. The van der Waals surface area contributed by atoms with Crippen LogP contribution in [0.25, 0.3) is 0 Å². The van der Waals surface area contributed by atoms with E-state index < -0.39 is 16.1 Å². The van der Waals surface area contributed by atoms with E-state index in [1.54, 1.807) is 60.7 Å². The van der Waals surface area contributed by atoms with Gasteiger partial charge < -0.3 is 10.6 Å². The lowest BCUT2D eigenvalue weighted by molar-refractivity contribution is 0.262. The van der Waals surface area contributed by atoms with E-state index in [9.17, 15) is 13.2 Å². The Kier molecular flexibility index (Phi) is 5.40. The molecule has 30 heavy (non-hydrogen) atoms. The number of carbonyl (C=O) groups is 1. The van der Waals surface area contributed by atoms with E-state index in [1.807, 2.05) is 13.0 Å². The van der Waals surface area contributed by atoms with Gasteiger partial charge in [-0.25, -0.2) is 13.2 Å². The summed E-state index contributed by atoms with van der Waals surface area (Å²) in [5.74, 6) is 0. The molecule has 3 aromatic rings. The Hall–Kier alpha value is -3.03. The van der Waals surface area contributed by atoms with Gasteiger partial charge in [0.1, 0.15) is 0 Å². The van der Waals surface area contributed by atoms with E-state index >= 15 is 0 Å². The highest BCUT2D eigenvalue weighted by molar-refractivity contribution is 7.92. The van der Waals surface area contributed by atoms with Gasteiger partial charge in [0.25, 0.3) is 10.0 Å². The fourth-order valence-electron chi connectivity index (χ4n) is 3.34. The number of benzene rings is 3. The van der Waals surface area contributed by atoms with E-state index in [0.29, 0.717) is 35.1 Å². The number of amides is 2. The molecule has 8 heteroatoms. The molecular formula is C22H20ClN3O3S. The molecule has 0 atom stereocenters. The van der Waals surface area contributed by atoms with Crippen LogP contribution in [-0.2, 0) is 16.4 Å². The summed E-state index contributed by atoms with van der Waals surface area (Å²) in [7, 11) is -3.67. The number of hydrogen-bond donors (Lipinski definition) is 2. The smallest absolute Gasteiger partial charge is 0.308 e. The van der Waals surface area contributed by atoms with Gasteiger partial charge in [-0.2, -0.15) is 0 Å². The molecule has 0 aromatic heterocycles. The van der Waals surface area contributed by atoms with Crippen LogP contribution in [0, 0.1) is 6.92 Å². The minimum Gasteiger partial charge on any atom is -0.308 e. The summed E-state index contributed by atoms with van der Waals surface area (Å²) < 4.78 is 27.7. The molecule has 0 spiro atoms. The van der Waals surface area contributed by atoms with Crippen LogP contribution in [0.1, 0.15) is 11.1 Å². The molecule has 1 heterocycles. The lowest BCUT2D eigenvalue weighted by atomic mass is 10.1. The zero-order valence-electron chi connectivity index (χ0n) is 16.2. The van der Waals surface area contributed by atoms with Crippen molar-refractivity contribution in [2.75, 3.05) is 21.5 Å².